The number of rotatable bonds is 6. The molecule has 0 aliphatic heterocycles. The summed E-state index contributed by atoms with van der Waals surface area (Å²) in [6, 6.07) is 8.67. The van der Waals surface area contributed by atoms with Crippen LogP contribution in [0.25, 0.3) is 6.08 Å². The van der Waals surface area contributed by atoms with E-state index in [0.717, 1.165) is 24.8 Å². The highest BCUT2D eigenvalue weighted by molar-refractivity contribution is 7.95. The van der Waals surface area contributed by atoms with E-state index in [9.17, 15) is 8.42 Å². The van der Waals surface area contributed by atoms with Crippen LogP contribution in [0.1, 0.15) is 25.3 Å². The van der Waals surface area contributed by atoms with Crippen molar-refractivity contribution in [3.05, 3.63) is 34.7 Å². The van der Waals surface area contributed by atoms with Crippen molar-refractivity contribution in [2.24, 2.45) is 0 Å². The average Bonchev–Trinajstić information content (AvgIpc) is 2.36. The Kier molecular flexibility index (Phi) is 5.58. The molecule has 1 aromatic carbocycles. The van der Waals surface area contributed by atoms with E-state index in [1.807, 2.05) is 0 Å². The van der Waals surface area contributed by atoms with Gasteiger partial charge in [-0.2, -0.15) is 5.26 Å². The highest BCUT2D eigenvalue weighted by atomic mass is 32.2. The zero-order chi connectivity index (χ0) is 14.3. The molecule has 0 aliphatic carbocycles. The number of allylic oxidation sites excluding steroid dienone is 1. The molecule has 0 heterocycles. The van der Waals surface area contributed by atoms with E-state index >= 15 is 0 Å². The first-order valence-corrected chi connectivity index (χ1v) is 7.91. The molecule has 0 N–H and O–H groups in total. The van der Waals surface area contributed by atoms with Crippen molar-refractivity contribution in [2.45, 2.75) is 19.8 Å². The number of nitriles is 1. The summed E-state index contributed by atoms with van der Waals surface area (Å²) in [6.07, 6.45) is 4.43. The molecule has 0 aliphatic rings. The number of hydrogen-bond donors (Lipinski definition) is 0. The summed E-state index contributed by atoms with van der Waals surface area (Å²) in [5, 5.41) is 8.80. The van der Waals surface area contributed by atoms with E-state index in [1.54, 1.807) is 30.3 Å². The first-order valence-electron chi connectivity index (χ1n) is 6.02. The minimum Gasteiger partial charge on any atom is -0.494 e. The lowest BCUT2D eigenvalue weighted by Gasteiger charge is -2.05. The Bertz CT molecular complexity index is 580. The second-order valence-corrected chi connectivity index (χ2v) is 6.15. The number of sulfone groups is 1. The number of benzene rings is 1. The molecule has 5 heteroatoms. The molecule has 0 amide bonds. The fourth-order valence-electron chi connectivity index (χ4n) is 1.37. The van der Waals surface area contributed by atoms with Crippen LogP contribution in [0.15, 0.2) is 29.2 Å². The summed E-state index contributed by atoms with van der Waals surface area (Å²) in [5.41, 5.74) is 0.657. The zero-order valence-corrected chi connectivity index (χ0v) is 11.9. The molecular weight excluding hydrogens is 262 g/mol. The van der Waals surface area contributed by atoms with Crippen molar-refractivity contribution < 1.29 is 13.2 Å². The second-order valence-electron chi connectivity index (χ2n) is 4.16. The lowest BCUT2D eigenvalue weighted by atomic mass is 10.2. The summed E-state index contributed by atoms with van der Waals surface area (Å²) in [5.74, 6) is 0.739. The van der Waals surface area contributed by atoms with Crippen LogP contribution in [0.3, 0.4) is 0 Å². The lowest BCUT2D eigenvalue weighted by molar-refractivity contribution is 0.309. The molecule has 0 saturated carbocycles. The third kappa shape index (κ3) is 5.14. The van der Waals surface area contributed by atoms with Crippen LogP contribution in [0, 0.1) is 11.3 Å². The van der Waals surface area contributed by atoms with Crippen LogP contribution in [-0.4, -0.2) is 21.3 Å². The SMILES string of the molecule is CCCCOc1ccc(C=C(C#N)S(C)(=O)=O)cc1. The van der Waals surface area contributed by atoms with Gasteiger partial charge in [-0.05, 0) is 30.2 Å². The topological polar surface area (TPSA) is 67.2 Å². The first kappa shape index (κ1) is 15.3. The zero-order valence-electron chi connectivity index (χ0n) is 11.1. The lowest BCUT2D eigenvalue weighted by Crippen LogP contribution is -1.98. The van der Waals surface area contributed by atoms with E-state index in [2.05, 4.69) is 6.92 Å². The molecule has 0 radical (unpaired) electrons. The normalized spacial score (nSPS) is 11.9. The Hall–Kier alpha value is -1.80. The van der Waals surface area contributed by atoms with Crippen molar-refractivity contribution in [1.29, 1.82) is 5.26 Å². The largest absolute Gasteiger partial charge is 0.494 e. The van der Waals surface area contributed by atoms with Gasteiger partial charge in [0.15, 0.2) is 9.84 Å². The Morgan fingerprint density at radius 3 is 2.47 bits per heavy atom. The summed E-state index contributed by atoms with van der Waals surface area (Å²) in [4.78, 5) is -0.243. The number of ether oxygens (including phenoxy) is 1. The van der Waals surface area contributed by atoms with E-state index < -0.39 is 9.84 Å². The van der Waals surface area contributed by atoms with Crippen LogP contribution < -0.4 is 4.74 Å². The summed E-state index contributed by atoms with van der Waals surface area (Å²) in [6.45, 7) is 2.75. The number of hydrogen-bond acceptors (Lipinski definition) is 4. The van der Waals surface area contributed by atoms with Gasteiger partial charge in [-0.25, -0.2) is 8.42 Å². The fraction of sp³-hybridized carbons (Fsp3) is 0.357. The molecule has 0 spiro atoms. The predicted molar refractivity (Wildman–Crippen MR) is 75.3 cm³/mol. The smallest absolute Gasteiger partial charge is 0.185 e. The molecule has 0 saturated heterocycles. The molecule has 0 aromatic heterocycles. The minimum atomic E-state index is -3.47. The maximum atomic E-state index is 11.3. The summed E-state index contributed by atoms with van der Waals surface area (Å²) >= 11 is 0. The van der Waals surface area contributed by atoms with Crippen molar-refractivity contribution in [3.8, 4) is 11.8 Å². The van der Waals surface area contributed by atoms with Crippen LogP contribution >= 0.6 is 0 Å². The molecule has 0 atom stereocenters. The van der Waals surface area contributed by atoms with E-state index in [1.165, 1.54) is 6.08 Å². The molecule has 0 unspecified atom stereocenters. The molecular formula is C14H17NO3S. The van der Waals surface area contributed by atoms with Gasteiger partial charge in [-0.1, -0.05) is 25.5 Å². The standard InChI is InChI=1S/C14H17NO3S/c1-3-4-9-18-13-7-5-12(6-8-13)10-14(11-15)19(2,16)17/h5-8,10H,3-4,9H2,1-2H3. The quantitative estimate of drug-likeness (QED) is 0.593. The monoisotopic (exact) mass is 279 g/mol. The maximum Gasteiger partial charge on any atom is 0.185 e. The molecule has 4 nitrogen and oxygen atoms in total. The third-order valence-electron chi connectivity index (χ3n) is 2.45. The number of nitrogens with zero attached hydrogens (tertiary/aromatic N) is 1. The van der Waals surface area contributed by atoms with Gasteiger partial charge in [-0.3, -0.25) is 0 Å². The Balaban J connectivity index is 2.82. The first-order chi connectivity index (χ1) is 8.97. The number of unbranched alkanes of at least 4 members (excludes halogenated alkanes) is 1. The molecule has 19 heavy (non-hydrogen) atoms. The Labute approximate surface area is 114 Å². The van der Waals surface area contributed by atoms with Crippen LogP contribution in [0.4, 0.5) is 0 Å². The van der Waals surface area contributed by atoms with Gasteiger partial charge < -0.3 is 4.74 Å². The van der Waals surface area contributed by atoms with Crippen LogP contribution in [0.5, 0.6) is 5.75 Å². The fourth-order valence-corrected chi connectivity index (χ4v) is 1.88. The van der Waals surface area contributed by atoms with Gasteiger partial charge >= 0.3 is 0 Å². The molecule has 0 fully saturated rings. The van der Waals surface area contributed by atoms with Crippen molar-refractivity contribution in [2.75, 3.05) is 12.9 Å². The van der Waals surface area contributed by atoms with Crippen LogP contribution in [0.2, 0.25) is 0 Å². The molecule has 102 valence electrons. The van der Waals surface area contributed by atoms with Gasteiger partial charge in [-0.15, -0.1) is 0 Å². The van der Waals surface area contributed by atoms with E-state index in [0.29, 0.717) is 12.2 Å². The summed E-state index contributed by atoms with van der Waals surface area (Å²) < 4.78 is 28.1. The van der Waals surface area contributed by atoms with E-state index in [4.69, 9.17) is 10.00 Å². The molecule has 1 aromatic rings. The Morgan fingerprint density at radius 2 is 2.00 bits per heavy atom. The van der Waals surface area contributed by atoms with E-state index in [-0.39, 0.29) is 4.91 Å². The highest BCUT2D eigenvalue weighted by Crippen LogP contribution is 2.16. The predicted octanol–water partition coefficient (Wildman–Crippen LogP) is 2.77. The minimum absolute atomic E-state index is 0.243. The Morgan fingerprint density at radius 1 is 1.37 bits per heavy atom. The van der Waals surface area contributed by atoms with Gasteiger partial charge in [0.05, 0.1) is 6.61 Å². The highest BCUT2D eigenvalue weighted by Gasteiger charge is 2.10. The summed E-state index contributed by atoms with van der Waals surface area (Å²) in [7, 11) is -3.47. The third-order valence-corrected chi connectivity index (χ3v) is 3.46. The molecule has 1 rings (SSSR count). The van der Waals surface area contributed by atoms with Gasteiger partial charge in [0, 0.05) is 6.26 Å². The van der Waals surface area contributed by atoms with Crippen molar-refractivity contribution in [1.82, 2.24) is 0 Å². The maximum absolute atomic E-state index is 11.3. The van der Waals surface area contributed by atoms with Gasteiger partial charge in [0.2, 0.25) is 0 Å². The average molecular weight is 279 g/mol. The second kappa shape index (κ2) is 6.95. The van der Waals surface area contributed by atoms with Gasteiger partial charge in [0.1, 0.15) is 16.7 Å². The van der Waals surface area contributed by atoms with Crippen molar-refractivity contribution >= 4 is 15.9 Å². The van der Waals surface area contributed by atoms with Crippen molar-refractivity contribution in [3.63, 3.8) is 0 Å². The van der Waals surface area contributed by atoms with Gasteiger partial charge in [0.25, 0.3) is 0 Å². The molecule has 0 bridgehead atoms. The van der Waals surface area contributed by atoms with Crippen LogP contribution in [-0.2, 0) is 9.84 Å².